The maximum Gasteiger partial charge on any atom is 0.268 e. The molecule has 0 aromatic carbocycles. The first kappa shape index (κ1) is 68.2. The minimum atomic E-state index is -4.61. The van der Waals surface area contributed by atoms with Gasteiger partial charge in [-0.25, -0.2) is 0 Å². The van der Waals surface area contributed by atoms with E-state index in [2.05, 4.69) is 67.8 Å². The van der Waals surface area contributed by atoms with Gasteiger partial charge in [0.1, 0.15) is 13.2 Å². The SMILES string of the molecule is CCCCCCCCCCC/C=C\C/C=C\CCCCCCCCCCCC(=O)NC(COP(=O)([O-])OCC[N+](C)(C)C)C(O)/C=C/CC/C=C/CC/C=C/CCCCCCCCCCCCCCC. The van der Waals surface area contributed by atoms with Crippen molar-refractivity contribution in [1.29, 1.82) is 0 Å². The highest BCUT2D eigenvalue weighted by Crippen LogP contribution is 2.38. The number of rotatable bonds is 54. The number of quaternary nitrogens is 1. The van der Waals surface area contributed by atoms with Crippen LogP contribution in [0.15, 0.2) is 60.8 Å². The molecule has 0 heterocycles. The first-order valence-electron chi connectivity index (χ1n) is 29.7. The second kappa shape index (κ2) is 52.1. The third kappa shape index (κ3) is 54.0. The number of likely N-dealkylation sites (N-methyl/N-ethyl adjacent to an activating group) is 1. The largest absolute Gasteiger partial charge is 0.756 e. The van der Waals surface area contributed by atoms with Crippen molar-refractivity contribution in [3.63, 3.8) is 0 Å². The lowest BCUT2D eigenvalue weighted by molar-refractivity contribution is -0.870. The number of carbonyl (C=O) groups excluding carboxylic acids is 1. The summed E-state index contributed by atoms with van der Waals surface area (Å²) in [4.78, 5) is 25.5. The fourth-order valence-corrected chi connectivity index (χ4v) is 9.23. The summed E-state index contributed by atoms with van der Waals surface area (Å²) in [5, 5.41) is 13.9. The molecule has 0 rings (SSSR count). The molecule has 0 bridgehead atoms. The Balaban J connectivity index is 4.29. The number of aliphatic hydroxyl groups is 1. The number of nitrogens with one attached hydrogen (secondary N) is 1. The predicted molar refractivity (Wildman–Crippen MR) is 302 cm³/mol. The number of nitrogens with zero attached hydrogens (tertiary/aromatic N) is 1. The highest BCUT2D eigenvalue weighted by Gasteiger charge is 2.23. The quantitative estimate of drug-likeness (QED) is 0.0272. The fraction of sp³-hybridized carbons (Fsp3) is 0.820. The number of phosphoric ester groups is 1. The van der Waals surface area contributed by atoms with Crippen LogP contribution >= 0.6 is 7.82 Å². The predicted octanol–water partition coefficient (Wildman–Crippen LogP) is 17.5. The van der Waals surface area contributed by atoms with Crippen LogP contribution in [0.5, 0.6) is 0 Å². The Morgan fingerprint density at radius 3 is 1.24 bits per heavy atom. The van der Waals surface area contributed by atoms with E-state index in [1.807, 2.05) is 27.2 Å². The molecule has 3 unspecified atom stereocenters. The molecule has 0 saturated heterocycles. The molecule has 0 spiro atoms. The molecule has 0 aromatic rings. The van der Waals surface area contributed by atoms with Crippen molar-refractivity contribution in [2.75, 3.05) is 40.9 Å². The fourth-order valence-electron chi connectivity index (χ4n) is 8.51. The first-order chi connectivity index (χ1) is 34.0. The molecule has 0 fully saturated rings. The van der Waals surface area contributed by atoms with Crippen LogP contribution in [-0.4, -0.2) is 68.5 Å². The highest BCUT2D eigenvalue weighted by molar-refractivity contribution is 7.45. The lowest BCUT2D eigenvalue weighted by atomic mass is 10.0. The van der Waals surface area contributed by atoms with E-state index in [1.54, 1.807) is 6.08 Å². The first-order valence-corrected chi connectivity index (χ1v) is 31.1. The number of phosphoric acid groups is 1. The Hall–Kier alpha value is -1.80. The molecule has 70 heavy (non-hydrogen) atoms. The van der Waals surface area contributed by atoms with Crippen molar-refractivity contribution in [1.82, 2.24) is 5.32 Å². The molecule has 0 aliphatic rings. The van der Waals surface area contributed by atoms with Crippen molar-refractivity contribution in [3.8, 4) is 0 Å². The number of amides is 1. The zero-order valence-corrected chi connectivity index (χ0v) is 47.6. The number of allylic oxidation sites excluding steroid dienone is 9. The van der Waals surface area contributed by atoms with E-state index in [0.29, 0.717) is 17.4 Å². The second-order valence-electron chi connectivity index (χ2n) is 21.3. The van der Waals surface area contributed by atoms with Gasteiger partial charge in [-0.1, -0.05) is 248 Å². The summed E-state index contributed by atoms with van der Waals surface area (Å²) in [5.41, 5.74) is 0. The Morgan fingerprint density at radius 1 is 0.500 bits per heavy atom. The summed E-state index contributed by atoms with van der Waals surface area (Å²) < 4.78 is 23.3. The number of unbranched alkanes of at least 4 members (excludes halogenated alkanes) is 33. The maximum absolute atomic E-state index is 13.0. The van der Waals surface area contributed by atoms with E-state index >= 15 is 0 Å². The zero-order chi connectivity index (χ0) is 51.3. The van der Waals surface area contributed by atoms with Gasteiger partial charge in [-0.3, -0.25) is 9.36 Å². The monoisotopic (exact) mass is 1000 g/mol. The molecule has 0 aliphatic heterocycles. The van der Waals surface area contributed by atoms with Gasteiger partial charge in [-0.05, 0) is 77.0 Å². The van der Waals surface area contributed by atoms with Crippen LogP contribution in [0.4, 0.5) is 0 Å². The number of aliphatic hydroxyl groups excluding tert-OH is 1. The van der Waals surface area contributed by atoms with Gasteiger partial charge in [0, 0.05) is 6.42 Å². The van der Waals surface area contributed by atoms with E-state index in [1.165, 1.54) is 199 Å². The number of carbonyl (C=O) groups is 1. The van der Waals surface area contributed by atoms with E-state index in [9.17, 15) is 19.4 Å². The van der Waals surface area contributed by atoms with Gasteiger partial charge in [-0.15, -0.1) is 0 Å². The molecule has 9 heteroatoms. The van der Waals surface area contributed by atoms with Crippen LogP contribution in [0.1, 0.15) is 271 Å². The molecular formula is C61H115N2O6P. The molecule has 8 nitrogen and oxygen atoms in total. The van der Waals surface area contributed by atoms with Gasteiger partial charge in [0.15, 0.2) is 0 Å². The minimum absolute atomic E-state index is 0.0115. The van der Waals surface area contributed by atoms with E-state index in [4.69, 9.17) is 9.05 Å². The molecule has 0 saturated carbocycles. The molecule has 0 aliphatic carbocycles. The van der Waals surface area contributed by atoms with Crippen LogP contribution in [0.25, 0.3) is 0 Å². The van der Waals surface area contributed by atoms with Crippen LogP contribution in [0.3, 0.4) is 0 Å². The summed E-state index contributed by atoms with van der Waals surface area (Å²) in [6.45, 7) is 4.64. The average Bonchev–Trinajstić information content (AvgIpc) is 3.32. The molecule has 3 atom stereocenters. The van der Waals surface area contributed by atoms with E-state index in [-0.39, 0.29) is 12.5 Å². The van der Waals surface area contributed by atoms with Crippen LogP contribution in [0.2, 0.25) is 0 Å². The van der Waals surface area contributed by atoms with Crippen molar-refractivity contribution in [2.45, 2.75) is 283 Å². The van der Waals surface area contributed by atoms with Crippen LogP contribution in [-0.2, 0) is 18.4 Å². The number of hydrogen-bond acceptors (Lipinski definition) is 6. The molecule has 0 aromatic heterocycles. The Labute approximate surface area is 434 Å². The van der Waals surface area contributed by atoms with Crippen molar-refractivity contribution < 1.29 is 32.9 Å². The Kier molecular flexibility index (Phi) is 50.7. The normalized spacial score (nSPS) is 14.3. The van der Waals surface area contributed by atoms with E-state index < -0.39 is 26.6 Å². The molecule has 1 amide bonds. The molecular weight excluding hydrogens is 888 g/mol. The highest BCUT2D eigenvalue weighted by atomic mass is 31.2. The summed E-state index contributed by atoms with van der Waals surface area (Å²) in [6.07, 6.45) is 70.2. The Bertz CT molecular complexity index is 1320. The third-order valence-corrected chi connectivity index (χ3v) is 14.1. The van der Waals surface area contributed by atoms with Gasteiger partial charge >= 0.3 is 0 Å². The van der Waals surface area contributed by atoms with Crippen LogP contribution < -0.4 is 10.2 Å². The third-order valence-electron chi connectivity index (χ3n) is 13.2. The molecule has 2 N–H and O–H groups in total. The second-order valence-corrected chi connectivity index (χ2v) is 22.7. The number of hydrogen-bond donors (Lipinski definition) is 2. The smallest absolute Gasteiger partial charge is 0.268 e. The van der Waals surface area contributed by atoms with Crippen LogP contribution in [0, 0.1) is 0 Å². The standard InChI is InChI=1S/C61H115N2O6P/c1-6-8-10-12-14-16-18-20-22-24-26-28-30-31-33-35-37-39-41-43-45-47-49-51-53-55-61(65)62-59(58-69-70(66,67)68-57-56-63(3,4)5)60(64)54-52-50-48-46-44-42-40-38-36-34-32-29-27-25-23-21-19-17-15-13-11-9-7-2/h26,28,31,33,36,38,44,46,52,54,59-60,64H,6-25,27,29-30,32,34-35,37,39-43,45,47-51,53,55-58H2,1-5H3,(H-,62,65,66,67)/b28-26-,33-31-,38-36+,46-44+,54-52+. The van der Waals surface area contributed by atoms with Gasteiger partial charge in [0.2, 0.25) is 5.91 Å². The lowest BCUT2D eigenvalue weighted by Crippen LogP contribution is -2.45. The summed E-state index contributed by atoms with van der Waals surface area (Å²) in [7, 11) is 1.23. The van der Waals surface area contributed by atoms with Crippen molar-refractivity contribution >= 4 is 13.7 Å². The maximum atomic E-state index is 13.0. The Morgan fingerprint density at radius 2 is 0.843 bits per heavy atom. The topological polar surface area (TPSA) is 108 Å². The minimum Gasteiger partial charge on any atom is -0.756 e. The lowest BCUT2D eigenvalue weighted by Gasteiger charge is -2.29. The molecule has 410 valence electrons. The van der Waals surface area contributed by atoms with Gasteiger partial charge in [0.25, 0.3) is 7.82 Å². The van der Waals surface area contributed by atoms with Gasteiger partial charge < -0.3 is 28.8 Å². The van der Waals surface area contributed by atoms with Gasteiger partial charge in [-0.2, -0.15) is 0 Å². The average molecular weight is 1000 g/mol. The van der Waals surface area contributed by atoms with Crippen molar-refractivity contribution in [2.24, 2.45) is 0 Å². The van der Waals surface area contributed by atoms with Gasteiger partial charge in [0.05, 0.1) is 39.9 Å². The summed E-state index contributed by atoms with van der Waals surface area (Å²) in [6, 6.07) is -0.915. The summed E-state index contributed by atoms with van der Waals surface area (Å²) in [5.74, 6) is -0.215. The van der Waals surface area contributed by atoms with Crippen molar-refractivity contribution in [3.05, 3.63) is 60.8 Å². The zero-order valence-electron chi connectivity index (χ0n) is 46.7. The summed E-state index contributed by atoms with van der Waals surface area (Å²) >= 11 is 0. The van der Waals surface area contributed by atoms with E-state index in [0.717, 1.165) is 51.4 Å². The molecule has 0 radical (unpaired) electrons.